The minimum absolute atomic E-state index is 0.467. The maximum absolute atomic E-state index is 6.16. The average molecular weight is 389 g/mol. The van der Waals surface area contributed by atoms with Crippen LogP contribution in [0.2, 0.25) is 5.02 Å². The molecule has 3 aromatic rings. The van der Waals surface area contributed by atoms with Crippen LogP contribution in [0.25, 0.3) is 0 Å². The third-order valence-electron chi connectivity index (χ3n) is 4.01. The maximum Gasteiger partial charge on any atom is 0.171 e. The van der Waals surface area contributed by atoms with Crippen molar-refractivity contribution in [3.63, 3.8) is 0 Å². The summed E-state index contributed by atoms with van der Waals surface area (Å²) < 4.78 is 3.68. The van der Waals surface area contributed by atoms with Crippen LogP contribution in [-0.4, -0.2) is 24.7 Å². The Morgan fingerprint density at radius 1 is 1.23 bits per heavy atom. The quantitative estimate of drug-likeness (QED) is 0.632. The molecule has 0 aliphatic rings. The number of aromatic nitrogens is 4. The van der Waals surface area contributed by atoms with Gasteiger partial charge in [-0.25, -0.2) is 0 Å². The number of thiocarbonyl (C=S) groups is 1. The van der Waals surface area contributed by atoms with Crippen LogP contribution in [0.3, 0.4) is 0 Å². The highest BCUT2D eigenvalue weighted by atomic mass is 35.5. The minimum Gasteiger partial charge on any atom is -0.357 e. The second kappa shape index (κ2) is 8.33. The number of rotatable bonds is 6. The molecule has 0 saturated heterocycles. The highest BCUT2D eigenvalue weighted by Gasteiger charge is 2.08. The molecule has 0 bridgehead atoms. The van der Waals surface area contributed by atoms with Gasteiger partial charge in [-0.1, -0.05) is 35.9 Å². The SMILES string of the molecule is CCn1cc(Cl)c(CNC(=S)Nc2cnn(Cc3ccccc3C)c2)n1. The Morgan fingerprint density at radius 2 is 2.04 bits per heavy atom. The summed E-state index contributed by atoms with van der Waals surface area (Å²) in [6.07, 6.45) is 5.49. The molecule has 1 aromatic carbocycles. The molecule has 26 heavy (non-hydrogen) atoms. The monoisotopic (exact) mass is 388 g/mol. The molecule has 2 N–H and O–H groups in total. The van der Waals surface area contributed by atoms with E-state index in [1.165, 1.54) is 11.1 Å². The fourth-order valence-electron chi connectivity index (χ4n) is 2.53. The van der Waals surface area contributed by atoms with Crippen LogP contribution in [0.15, 0.2) is 42.9 Å². The van der Waals surface area contributed by atoms with Crippen molar-refractivity contribution < 1.29 is 0 Å². The standard InChI is InChI=1S/C18H21ClN6S/c1-3-24-12-16(19)17(23-24)9-20-18(26)22-15-8-21-25(11-15)10-14-7-5-4-6-13(14)2/h4-8,11-12H,3,9-10H2,1-2H3,(H2,20,22,26). The summed E-state index contributed by atoms with van der Waals surface area (Å²) >= 11 is 11.5. The number of hydrogen-bond acceptors (Lipinski definition) is 3. The Bertz CT molecular complexity index is 901. The predicted molar refractivity (Wildman–Crippen MR) is 108 cm³/mol. The van der Waals surface area contributed by atoms with E-state index in [9.17, 15) is 0 Å². The van der Waals surface area contributed by atoms with E-state index in [0.717, 1.165) is 24.5 Å². The zero-order valence-electron chi connectivity index (χ0n) is 14.7. The van der Waals surface area contributed by atoms with Crippen LogP contribution in [-0.2, 0) is 19.6 Å². The van der Waals surface area contributed by atoms with Crippen molar-refractivity contribution in [2.24, 2.45) is 0 Å². The first-order valence-electron chi connectivity index (χ1n) is 8.38. The molecule has 2 heterocycles. The lowest BCUT2D eigenvalue weighted by molar-refractivity contribution is 0.643. The summed E-state index contributed by atoms with van der Waals surface area (Å²) in [7, 11) is 0. The zero-order valence-corrected chi connectivity index (χ0v) is 16.3. The van der Waals surface area contributed by atoms with E-state index in [4.69, 9.17) is 23.8 Å². The smallest absolute Gasteiger partial charge is 0.171 e. The number of anilines is 1. The summed E-state index contributed by atoms with van der Waals surface area (Å²) in [6, 6.07) is 8.28. The molecule has 6 nitrogen and oxygen atoms in total. The van der Waals surface area contributed by atoms with Gasteiger partial charge in [0, 0.05) is 18.9 Å². The molecule has 0 atom stereocenters. The van der Waals surface area contributed by atoms with Crippen LogP contribution in [0.4, 0.5) is 5.69 Å². The van der Waals surface area contributed by atoms with E-state index in [1.54, 1.807) is 10.9 Å². The summed E-state index contributed by atoms with van der Waals surface area (Å²) in [6.45, 7) is 6.08. The summed E-state index contributed by atoms with van der Waals surface area (Å²) in [5.41, 5.74) is 4.09. The van der Waals surface area contributed by atoms with Crippen LogP contribution >= 0.6 is 23.8 Å². The number of aryl methyl sites for hydroxylation is 2. The minimum atomic E-state index is 0.467. The van der Waals surface area contributed by atoms with E-state index in [2.05, 4.69) is 39.9 Å². The topological polar surface area (TPSA) is 59.7 Å². The predicted octanol–water partition coefficient (Wildman–Crippen LogP) is 3.60. The molecular weight excluding hydrogens is 368 g/mol. The van der Waals surface area contributed by atoms with E-state index >= 15 is 0 Å². The summed E-state index contributed by atoms with van der Waals surface area (Å²) in [4.78, 5) is 0. The third kappa shape index (κ3) is 4.62. The lowest BCUT2D eigenvalue weighted by Crippen LogP contribution is -2.28. The van der Waals surface area contributed by atoms with Crippen molar-refractivity contribution in [3.05, 3.63) is 64.7 Å². The summed E-state index contributed by atoms with van der Waals surface area (Å²) in [5, 5.41) is 16.2. The molecule has 0 spiro atoms. The number of hydrogen-bond donors (Lipinski definition) is 2. The van der Waals surface area contributed by atoms with Crippen LogP contribution in [0.1, 0.15) is 23.7 Å². The molecular formula is C18H21ClN6S. The van der Waals surface area contributed by atoms with Gasteiger partial charge in [0.25, 0.3) is 0 Å². The first kappa shape index (κ1) is 18.4. The van der Waals surface area contributed by atoms with E-state index in [0.29, 0.717) is 16.7 Å². The average Bonchev–Trinajstić information content (AvgIpc) is 3.21. The van der Waals surface area contributed by atoms with Gasteiger partial charge in [-0.15, -0.1) is 0 Å². The Morgan fingerprint density at radius 3 is 2.77 bits per heavy atom. The molecule has 0 saturated carbocycles. The Labute approximate surface area is 163 Å². The zero-order chi connectivity index (χ0) is 18.5. The Hall–Kier alpha value is -2.38. The number of halogens is 1. The van der Waals surface area contributed by atoms with E-state index in [-0.39, 0.29) is 0 Å². The highest BCUT2D eigenvalue weighted by Crippen LogP contribution is 2.14. The molecule has 8 heteroatoms. The molecule has 0 amide bonds. The van der Waals surface area contributed by atoms with E-state index in [1.807, 2.05) is 36.1 Å². The number of benzene rings is 1. The van der Waals surface area contributed by atoms with Crippen molar-refractivity contribution in [3.8, 4) is 0 Å². The van der Waals surface area contributed by atoms with Crippen molar-refractivity contribution in [2.45, 2.75) is 33.5 Å². The van der Waals surface area contributed by atoms with Crippen molar-refractivity contribution >= 4 is 34.6 Å². The van der Waals surface area contributed by atoms with Gasteiger partial charge >= 0.3 is 0 Å². The van der Waals surface area contributed by atoms with Crippen LogP contribution < -0.4 is 10.6 Å². The van der Waals surface area contributed by atoms with Crippen LogP contribution in [0, 0.1) is 6.92 Å². The fourth-order valence-corrected chi connectivity index (χ4v) is 2.94. The Kier molecular flexibility index (Phi) is 5.90. The van der Waals surface area contributed by atoms with Crippen molar-refractivity contribution in [2.75, 3.05) is 5.32 Å². The fraction of sp³-hybridized carbons (Fsp3) is 0.278. The lowest BCUT2D eigenvalue weighted by atomic mass is 10.1. The lowest BCUT2D eigenvalue weighted by Gasteiger charge is -2.08. The molecule has 0 aliphatic heterocycles. The summed E-state index contributed by atoms with van der Waals surface area (Å²) in [5.74, 6) is 0. The first-order chi connectivity index (χ1) is 12.5. The second-order valence-electron chi connectivity index (χ2n) is 5.94. The van der Waals surface area contributed by atoms with Gasteiger partial charge in [0.15, 0.2) is 5.11 Å². The number of nitrogens with zero attached hydrogens (tertiary/aromatic N) is 4. The normalized spacial score (nSPS) is 10.7. The van der Waals surface area contributed by atoms with Crippen LogP contribution in [0.5, 0.6) is 0 Å². The number of nitrogens with one attached hydrogen (secondary N) is 2. The molecule has 3 rings (SSSR count). The van der Waals surface area contributed by atoms with Crippen molar-refractivity contribution in [1.82, 2.24) is 24.9 Å². The van der Waals surface area contributed by atoms with Gasteiger partial charge in [-0.05, 0) is 37.2 Å². The Balaban J connectivity index is 1.54. The molecule has 0 unspecified atom stereocenters. The molecule has 0 aliphatic carbocycles. The maximum atomic E-state index is 6.16. The molecule has 2 aromatic heterocycles. The van der Waals surface area contributed by atoms with Gasteiger partial charge in [0.1, 0.15) is 5.69 Å². The molecule has 0 fully saturated rings. The molecule has 136 valence electrons. The molecule has 0 radical (unpaired) electrons. The largest absolute Gasteiger partial charge is 0.357 e. The van der Waals surface area contributed by atoms with Gasteiger partial charge in [0.2, 0.25) is 0 Å². The van der Waals surface area contributed by atoms with Gasteiger partial charge in [-0.3, -0.25) is 9.36 Å². The third-order valence-corrected chi connectivity index (χ3v) is 4.57. The second-order valence-corrected chi connectivity index (χ2v) is 6.76. The first-order valence-corrected chi connectivity index (χ1v) is 9.17. The van der Waals surface area contributed by atoms with Gasteiger partial charge < -0.3 is 10.6 Å². The highest BCUT2D eigenvalue weighted by molar-refractivity contribution is 7.80. The van der Waals surface area contributed by atoms with E-state index < -0.39 is 0 Å². The van der Waals surface area contributed by atoms with Crippen molar-refractivity contribution in [1.29, 1.82) is 0 Å². The van der Waals surface area contributed by atoms with Gasteiger partial charge in [0.05, 0.1) is 30.0 Å². The van der Waals surface area contributed by atoms with Gasteiger partial charge in [-0.2, -0.15) is 10.2 Å².